The minimum Gasteiger partial charge on any atom is -0.243 e. The third-order valence-corrected chi connectivity index (χ3v) is 5.31. The Bertz CT molecular complexity index is 662. The number of aromatic nitrogens is 1. The third kappa shape index (κ3) is 2.35. The van der Waals surface area contributed by atoms with E-state index in [0.29, 0.717) is 10.2 Å². The van der Waals surface area contributed by atoms with Crippen molar-refractivity contribution in [2.45, 2.75) is 17.7 Å². The van der Waals surface area contributed by atoms with Crippen molar-refractivity contribution in [1.29, 1.82) is 0 Å². The monoisotopic (exact) mass is 347 g/mol. The fraction of sp³-hybridized carbons (Fsp3) is 0.167. The molecular weight excluding hydrogens is 338 g/mol. The second-order valence-electron chi connectivity index (χ2n) is 3.86. The fourth-order valence-corrected chi connectivity index (χ4v) is 4.05. The van der Waals surface area contributed by atoms with Gasteiger partial charge in [-0.1, -0.05) is 17.7 Å². The zero-order chi connectivity index (χ0) is 13.3. The van der Waals surface area contributed by atoms with E-state index in [1.54, 1.807) is 30.3 Å². The molecule has 0 amide bonds. The molecule has 0 unspecified atom stereocenters. The van der Waals surface area contributed by atoms with Crippen LogP contribution in [0.15, 0.2) is 45.9 Å². The van der Waals surface area contributed by atoms with Gasteiger partial charge in [-0.25, -0.2) is 12.4 Å². The summed E-state index contributed by atoms with van der Waals surface area (Å²) < 4.78 is 26.7. The van der Waals surface area contributed by atoms with E-state index in [2.05, 4.69) is 15.9 Å². The molecular formula is C12H11BrClNO2S. The van der Waals surface area contributed by atoms with E-state index in [9.17, 15) is 8.42 Å². The highest BCUT2D eigenvalue weighted by molar-refractivity contribution is 9.10. The lowest BCUT2D eigenvalue weighted by molar-refractivity contribution is 0.586. The van der Waals surface area contributed by atoms with E-state index >= 15 is 0 Å². The van der Waals surface area contributed by atoms with E-state index in [4.69, 9.17) is 11.6 Å². The van der Waals surface area contributed by atoms with Gasteiger partial charge < -0.3 is 0 Å². The Morgan fingerprint density at radius 3 is 2.39 bits per heavy atom. The lowest BCUT2D eigenvalue weighted by Gasteiger charge is -2.09. The van der Waals surface area contributed by atoms with Crippen LogP contribution in [0.25, 0.3) is 0 Å². The van der Waals surface area contributed by atoms with Gasteiger partial charge in [-0.15, -0.1) is 11.6 Å². The van der Waals surface area contributed by atoms with Crippen LogP contribution >= 0.6 is 27.5 Å². The first-order valence-electron chi connectivity index (χ1n) is 5.21. The van der Waals surface area contributed by atoms with E-state index in [1.165, 1.54) is 10.2 Å². The van der Waals surface area contributed by atoms with Crippen LogP contribution in [-0.4, -0.2) is 12.4 Å². The largest absolute Gasteiger partial charge is 0.267 e. The van der Waals surface area contributed by atoms with Crippen molar-refractivity contribution >= 4 is 37.6 Å². The number of rotatable bonds is 3. The van der Waals surface area contributed by atoms with Crippen molar-refractivity contribution in [2.75, 3.05) is 0 Å². The molecule has 0 spiro atoms. The molecule has 1 aromatic carbocycles. The van der Waals surface area contributed by atoms with Gasteiger partial charge >= 0.3 is 0 Å². The van der Waals surface area contributed by atoms with Gasteiger partial charge in [-0.3, -0.25) is 0 Å². The SMILES string of the molecule is Cc1ccc(S(=O)(=O)n2ccc(Br)c2CCl)cc1. The van der Waals surface area contributed by atoms with E-state index in [0.717, 1.165) is 5.56 Å². The van der Waals surface area contributed by atoms with Crippen LogP contribution < -0.4 is 0 Å². The molecule has 0 atom stereocenters. The Hall–Kier alpha value is -0.780. The standard InChI is InChI=1S/C12H11BrClNO2S/c1-9-2-4-10(5-3-9)18(16,17)15-7-6-11(13)12(15)8-14/h2-7H,8H2,1H3. The minimum absolute atomic E-state index is 0.124. The summed E-state index contributed by atoms with van der Waals surface area (Å²) in [6, 6.07) is 8.40. The van der Waals surface area contributed by atoms with E-state index in [1.807, 2.05) is 6.92 Å². The highest BCUT2D eigenvalue weighted by atomic mass is 79.9. The maximum Gasteiger partial charge on any atom is 0.267 e. The molecule has 1 aromatic heterocycles. The molecule has 0 aliphatic rings. The van der Waals surface area contributed by atoms with Crippen molar-refractivity contribution in [3.63, 3.8) is 0 Å². The van der Waals surface area contributed by atoms with Gasteiger partial charge in [-0.2, -0.15) is 0 Å². The van der Waals surface area contributed by atoms with Gasteiger partial charge in [0.1, 0.15) is 0 Å². The van der Waals surface area contributed by atoms with Gasteiger partial charge in [0.2, 0.25) is 0 Å². The molecule has 0 saturated carbocycles. The Morgan fingerprint density at radius 1 is 1.22 bits per heavy atom. The molecule has 0 radical (unpaired) electrons. The lowest BCUT2D eigenvalue weighted by Crippen LogP contribution is -2.14. The molecule has 0 aliphatic carbocycles. The van der Waals surface area contributed by atoms with Crippen LogP contribution in [0, 0.1) is 6.92 Å². The lowest BCUT2D eigenvalue weighted by atomic mass is 10.2. The normalized spacial score (nSPS) is 11.7. The van der Waals surface area contributed by atoms with Gasteiger partial charge in [-0.05, 0) is 41.1 Å². The van der Waals surface area contributed by atoms with Crippen molar-refractivity contribution in [3.8, 4) is 0 Å². The van der Waals surface area contributed by atoms with Crippen LogP contribution in [0.5, 0.6) is 0 Å². The molecule has 6 heteroatoms. The number of hydrogen-bond acceptors (Lipinski definition) is 2. The smallest absolute Gasteiger partial charge is 0.243 e. The van der Waals surface area contributed by atoms with Crippen molar-refractivity contribution in [3.05, 3.63) is 52.3 Å². The maximum absolute atomic E-state index is 12.4. The molecule has 2 rings (SSSR count). The molecule has 0 saturated heterocycles. The Morgan fingerprint density at radius 2 is 1.83 bits per heavy atom. The minimum atomic E-state index is -3.58. The Balaban J connectivity index is 2.58. The third-order valence-electron chi connectivity index (χ3n) is 2.60. The van der Waals surface area contributed by atoms with Gasteiger partial charge in [0, 0.05) is 10.7 Å². The zero-order valence-corrected chi connectivity index (χ0v) is 12.8. The number of benzene rings is 1. The number of halogens is 2. The number of nitrogens with zero attached hydrogens (tertiary/aromatic N) is 1. The molecule has 0 fully saturated rings. The molecule has 2 aromatic rings. The molecule has 0 aliphatic heterocycles. The topological polar surface area (TPSA) is 39.1 Å². The predicted octanol–water partition coefficient (Wildman–Crippen LogP) is 3.53. The second kappa shape index (κ2) is 5.07. The van der Waals surface area contributed by atoms with Crippen LogP contribution in [-0.2, 0) is 15.9 Å². The quantitative estimate of drug-likeness (QED) is 0.796. The zero-order valence-electron chi connectivity index (χ0n) is 9.60. The molecule has 3 nitrogen and oxygen atoms in total. The first-order chi connectivity index (χ1) is 8.46. The van der Waals surface area contributed by atoms with Gasteiger partial charge in [0.15, 0.2) is 0 Å². The van der Waals surface area contributed by atoms with Crippen molar-refractivity contribution < 1.29 is 8.42 Å². The highest BCUT2D eigenvalue weighted by Gasteiger charge is 2.20. The first kappa shape index (κ1) is 13.6. The van der Waals surface area contributed by atoms with Crippen molar-refractivity contribution in [1.82, 2.24) is 3.97 Å². The number of hydrogen-bond donors (Lipinski definition) is 0. The van der Waals surface area contributed by atoms with E-state index < -0.39 is 10.0 Å². The summed E-state index contributed by atoms with van der Waals surface area (Å²) in [6.07, 6.45) is 1.50. The molecule has 0 bridgehead atoms. The van der Waals surface area contributed by atoms with Gasteiger partial charge in [0.25, 0.3) is 10.0 Å². The molecule has 18 heavy (non-hydrogen) atoms. The highest BCUT2D eigenvalue weighted by Crippen LogP contribution is 2.24. The number of aryl methyl sites for hydroxylation is 1. The fourth-order valence-electron chi connectivity index (χ4n) is 1.60. The van der Waals surface area contributed by atoms with E-state index in [-0.39, 0.29) is 10.8 Å². The summed E-state index contributed by atoms with van der Waals surface area (Å²) in [7, 11) is -3.58. The summed E-state index contributed by atoms with van der Waals surface area (Å²) in [5.74, 6) is 0.124. The summed E-state index contributed by atoms with van der Waals surface area (Å²) >= 11 is 9.07. The Kier molecular flexibility index (Phi) is 3.84. The summed E-state index contributed by atoms with van der Waals surface area (Å²) in [4.78, 5) is 0.252. The molecule has 0 N–H and O–H groups in total. The molecule has 1 heterocycles. The Labute approximate surface area is 120 Å². The average Bonchev–Trinajstić information content (AvgIpc) is 2.71. The maximum atomic E-state index is 12.4. The predicted molar refractivity (Wildman–Crippen MR) is 75.5 cm³/mol. The second-order valence-corrected chi connectivity index (χ2v) is 6.79. The summed E-state index contributed by atoms with van der Waals surface area (Å²) in [5.41, 5.74) is 1.54. The average molecular weight is 349 g/mol. The molecule has 96 valence electrons. The van der Waals surface area contributed by atoms with Gasteiger partial charge in [0.05, 0.1) is 16.5 Å². The van der Waals surface area contributed by atoms with Crippen LogP contribution in [0.2, 0.25) is 0 Å². The van der Waals surface area contributed by atoms with Crippen LogP contribution in [0.1, 0.15) is 11.3 Å². The summed E-state index contributed by atoms with van der Waals surface area (Å²) in [5, 5.41) is 0. The van der Waals surface area contributed by atoms with Crippen LogP contribution in [0.4, 0.5) is 0 Å². The van der Waals surface area contributed by atoms with Crippen LogP contribution in [0.3, 0.4) is 0 Å². The summed E-state index contributed by atoms with van der Waals surface area (Å²) in [6.45, 7) is 1.91. The number of alkyl halides is 1. The first-order valence-corrected chi connectivity index (χ1v) is 7.97. The van der Waals surface area contributed by atoms with Crippen molar-refractivity contribution in [2.24, 2.45) is 0 Å².